The van der Waals surface area contributed by atoms with Crippen LogP contribution in [0.3, 0.4) is 0 Å². The molecular weight excluding hydrogens is 322 g/mol. The molecule has 5 nitrogen and oxygen atoms in total. The largest absolute Gasteiger partial charge is 0.342 e. The Labute approximate surface area is 147 Å². The molecule has 0 radical (unpaired) electrons. The Morgan fingerprint density at radius 1 is 1.33 bits per heavy atom. The molecule has 0 N–H and O–H groups in total. The van der Waals surface area contributed by atoms with Crippen molar-refractivity contribution in [1.82, 2.24) is 14.8 Å². The van der Waals surface area contributed by atoms with E-state index in [0.29, 0.717) is 24.8 Å². The van der Waals surface area contributed by atoms with Gasteiger partial charge >= 0.3 is 0 Å². The Morgan fingerprint density at radius 2 is 2.17 bits per heavy atom. The van der Waals surface area contributed by atoms with Crippen molar-refractivity contribution in [3.05, 3.63) is 16.1 Å². The lowest BCUT2D eigenvalue weighted by Gasteiger charge is -2.33. The maximum absolute atomic E-state index is 12.9. The van der Waals surface area contributed by atoms with Gasteiger partial charge in [0.2, 0.25) is 11.8 Å². The zero-order chi connectivity index (χ0) is 16.7. The van der Waals surface area contributed by atoms with Gasteiger partial charge in [0.05, 0.1) is 10.9 Å². The van der Waals surface area contributed by atoms with Crippen molar-refractivity contribution in [3.63, 3.8) is 0 Å². The lowest BCUT2D eigenvalue weighted by molar-refractivity contribution is -0.137. The van der Waals surface area contributed by atoms with Gasteiger partial charge in [0, 0.05) is 49.6 Å². The zero-order valence-electron chi connectivity index (χ0n) is 14.2. The molecule has 2 atom stereocenters. The number of hydrogen-bond donors (Lipinski definition) is 0. The number of carbonyl (C=O) groups is 2. The SMILES string of the molecule is Cc1csc([C@@H]2CCCN(C(=O)[C@@H]3CC(=O)N(CC4CC4)C3)C2)n1. The van der Waals surface area contributed by atoms with Crippen molar-refractivity contribution in [2.75, 3.05) is 26.2 Å². The van der Waals surface area contributed by atoms with Gasteiger partial charge in [0.15, 0.2) is 0 Å². The van der Waals surface area contributed by atoms with Gasteiger partial charge in [-0.1, -0.05) is 0 Å². The highest BCUT2D eigenvalue weighted by Crippen LogP contribution is 2.33. The summed E-state index contributed by atoms with van der Waals surface area (Å²) >= 11 is 1.71. The summed E-state index contributed by atoms with van der Waals surface area (Å²) in [6.45, 7) is 5.10. The summed E-state index contributed by atoms with van der Waals surface area (Å²) in [5.41, 5.74) is 1.07. The fourth-order valence-corrected chi connectivity index (χ4v) is 4.85. The monoisotopic (exact) mass is 347 g/mol. The van der Waals surface area contributed by atoms with Crippen LogP contribution in [0.15, 0.2) is 5.38 Å². The molecule has 3 aliphatic rings. The van der Waals surface area contributed by atoms with E-state index in [0.717, 1.165) is 43.2 Å². The molecule has 0 aromatic carbocycles. The smallest absolute Gasteiger partial charge is 0.228 e. The minimum absolute atomic E-state index is 0.131. The molecule has 1 aromatic heterocycles. The molecule has 130 valence electrons. The third-order valence-electron chi connectivity index (χ3n) is 5.46. The van der Waals surface area contributed by atoms with E-state index in [-0.39, 0.29) is 17.7 Å². The summed E-state index contributed by atoms with van der Waals surface area (Å²) in [5, 5.41) is 3.24. The molecule has 1 aromatic rings. The molecule has 0 unspecified atom stereocenters. The van der Waals surface area contributed by atoms with Gasteiger partial charge < -0.3 is 9.80 Å². The molecule has 6 heteroatoms. The number of carbonyl (C=O) groups excluding carboxylic acids is 2. The highest BCUT2D eigenvalue weighted by atomic mass is 32.1. The lowest BCUT2D eigenvalue weighted by atomic mass is 9.96. The first-order valence-electron chi connectivity index (χ1n) is 9.08. The van der Waals surface area contributed by atoms with Gasteiger partial charge in [-0.05, 0) is 38.5 Å². The molecule has 3 heterocycles. The summed E-state index contributed by atoms with van der Waals surface area (Å²) in [7, 11) is 0. The number of thiazole rings is 1. The zero-order valence-corrected chi connectivity index (χ0v) is 15.1. The van der Waals surface area contributed by atoms with E-state index >= 15 is 0 Å². The number of hydrogen-bond acceptors (Lipinski definition) is 4. The molecule has 0 spiro atoms. The fraction of sp³-hybridized carbons (Fsp3) is 0.722. The molecule has 1 saturated carbocycles. The average molecular weight is 347 g/mol. The second-order valence-corrected chi connectivity index (χ2v) is 8.48. The van der Waals surface area contributed by atoms with Gasteiger partial charge in [0.25, 0.3) is 0 Å². The quantitative estimate of drug-likeness (QED) is 0.840. The number of likely N-dealkylation sites (tertiary alicyclic amines) is 2. The Bertz CT molecular complexity index is 640. The van der Waals surface area contributed by atoms with E-state index in [1.165, 1.54) is 12.8 Å². The molecular formula is C18H25N3O2S. The molecule has 2 saturated heterocycles. The van der Waals surface area contributed by atoms with Crippen molar-refractivity contribution in [3.8, 4) is 0 Å². The van der Waals surface area contributed by atoms with Crippen LogP contribution in [-0.4, -0.2) is 52.8 Å². The molecule has 4 rings (SSSR count). The maximum Gasteiger partial charge on any atom is 0.228 e. The third kappa shape index (κ3) is 3.34. The second-order valence-electron chi connectivity index (χ2n) is 7.59. The standard InChI is InChI=1S/C18H25N3O2S/c1-12-11-24-17(19-12)14-3-2-6-20(9-14)18(23)15-7-16(22)21(10-15)8-13-4-5-13/h11,13-15H,2-10H2,1H3/t14-,15-/m1/s1. The van der Waals surface area contributed by atoms with Crippen LogP contribution in [0.2, 0.25) is 0 Å². The summed E-state index contributed by atoms with van der Waals surface area (Å²) < 4.78 is 0. The van der Waals surface area contributed by atoms with Crippen LogP contribution in [-0.2, 0) is 9.59 Å². The molecule has 1 aliphatic carbocycles. The third-order valence-corrected chi connectivity index (χ3v) is 6.58. The van der Waals surface area contributed by atoms with Crippen molar-refractivity contribution in [2.24, 2.45) is 11.8 Å². The van der Waals surface area contributed by atoms with Crippen LogP contribution in [0, 0.1) is 18.8 Å². The van der Waals surface area contributed by atoms with Crippen molar-refractivity contribution in [1.29, 1.82) is 0 Å². The van der Waals surface area contributed by atoms with Crippen LogP contribution in [0.4, 0.5) is 0 Å². The number of rotatable bonds is 4. The predicted molar refractivity (Wildman–Crippen MR) is 92.8 cm³/mol. The first-order valence-corrected chi connectivity index (χ1v) is 9.96. The number of piperidine rings is 1. The lowest BCUT2D eigenvalue weighted by Crippen LogP contribution is -2.43. The Hall–Kier alpha value is -1.43. The summed E-state index contributed by atoms with van der Waals surface area (Å²) in [6, 6.07) is 0. The van der Waals surface area contributed by atoms with Crippen LogP contribution in [0.1, 0.15) is 48.7 Å². The van der Waals surface area contributed by atoms with E-state index in [4.69, 9.17) is 0 Å². The predicted octanol–water partition coefficient (Wildman–Crippen LogP) is 2.42. The van der Waals surface area contributed by atoms with E-state index < -0.39 is 0 Å². The van der Waals surface area contributed by atoms with Crippen LogP contribution < -0.4 is 0 Å². The summed E-state index contributed by atoms with van der Waals surface area (Å²) in [4.78, 5) is 33.6. The van der Waals surface area contributed by atoms with Crippen LogP contribution in [0.25, 0.3) is 0 Å². The topological polar surface area (TPSA) is 53.5 Å². The summed E-state index contributed by atoms with van der Waals surface area (Å²) in [6.07, 6.45) is 5.02. The maximum atomic E-state index is 12.9. The van der Waals surface area contributed by atoms with E-state index in [1.54, 1.807) is 11.3 Å². The van der Waals surface area contributed by atoms with E-state index in [1.807, 2.05) is 16.7 Å². The molecule has 2 amide bonds. The Balaban J connectivity index is 1.38. The molecule has 0 bridgehead atoms. The number of aromatic nitrogens is 1. The van der Waals surface area contributed by atoms with Crippen molar-refractivity contribution >= 4 is 23.2 Å². The highest BCUT2D eigenvalue weighted by Gasteiger charge is 2.39. The van der Waals surface area contributed by atoms with E-state index in [2.05, 4.69) is 10.4 Å². The van der Waals surface area contributed by atoms with Crippen LogP contribution >= 0.6 is 11.3 Å². The fourth-order valence-electron chi connectivity index (χ4n) is 3.92. The minimum Gasteiger partial charge on any atom is -0.342 e. The Kier molecular flexibility index (Phi) is 4.33. The average Bonchev–Trinajstić information content (AvgIpc) is 3.18. The van der Waals surface area contributed by atoms with Gasteiger partial charge in [-0.3, -0.25) is 9.59 Å². The van der Waals surface area contributed by atoms with E-state index in [9.17, 15) is 9.59 Å². The van der Waals surface area contributed by atoms with Gasteiger partial charge in [-0.15, -0.1) is 11.3 Å². The number of nitrogens with zero attached hydrogens (tertiary/aromatic N) is 3. The van der Waals surface area contributed by atoms with Crippen molar-refractivity contribution in [2.45, 2.75) is 44.9 Å². The molecule has 2 aliphatic heterocycles. The number of aryl methyl sites for hydroxylation is 1. The van der Waals surface area contributed by atoms with Gasteiger partial charge in [0.1, 0.15) is 0 Å². The summed E-state index contributed by atoms with van der Waals surface area (Å²) in [5.74, 6) is 1.27. The highest BCUT2D eigenvalue weighted by molar-refractivity contribution is 7.09. The van der Waals surface area contributed by atoms with Crippen molar-refractivity contribution < 1.29 is 9.59 Å². The molecule has 3 fully saturated rings. The Morgan fingerprint density at radius 3 is 2.88 bits per heavy atom. The first-order chi connectivity index (χ1) is 11.6. The van der Waals surface area contributed by atoms with Gasteiger partial charge in [-0.2, -0.15) is 0 Å². The van der Waals surface area contributed by atoms with Crippen LogP contribution in [0.5, 0.6) is 0 Å². The first kappa shape index (κ1) is 16.1. The second kappa shape index (κ2) is 6.47. The normalized spacial score (nSPS) is 27.8. The molecule has 24 heavy (non-hydrogen) atoms. The number of amides is 2. The van der Waals surface area contributed by atoms with Gasteiger partial charge in [-0.25, -0.2) is 4.98 Å². The minimum atomic E-state index is -0.131.